The van der Waals surface area contributed by atoms with E-state index in [4.69, 9.17) is 0 Å². The van der Waals surface area contributed by atoms with Crippen LogP contribution in [-0.4, -0.2) is 48.1 Å². The molecule has 2 nitrogen and oxygen atoms in total. The van der Waals surface area contributed by atoms with Crippen LogP contribution >= 0.6 is 11.8 Å². The number of hydrogen-bond donors (Lipinski definition) is 1. The maximum atomic E-state index is 3.76. The molecule has 94 valence electrons. The van der Waals surface area contributed by atoms with Crippen molar-refractivity contribution in [3.05, 3.63) is 0 Å². The molecule has 0 aliphatic carbocycles. The van der Waals surface area contributed by atoms with Gasteiger partial charge in [-0.1, -0.05) is 6.42 Å². The normalized spacial score (nSPS) is 26.8. The van der Waals surface area contributed by atoms with E-state index in [0.29, 0.717) is 0 Å². The fourth-order valence-electron chi connectivity index (χ4n) is 2.73. The third-order valence-corrected chi connectivity index (χ3v) is 4.99. The van der Waals surface area contributed by atoms with Crippen LogP contribution in [0.2, 0.25) is 0 Å². The van der Waals surface area contributed by atoms with E-state index in [9.17, 15) is 0 Å². The van der Waals surface area contributed by atoms with Crippen LogP contribution in [0.3, 0.4) is 0 Å². The molecule has 2 saturated heterocycles. The fraction of sp³-hybridized carbons (Fsp3) is 1.00. The molecule has 0 bridgehead atoms. The molecule has 3 heteroatoms. The highest BCUT2D eigenvalue weighted by atomic mass is 32.2. The number of likely N-dealkylation sites (tertiary alicyclic amines) is 1. The zero-order valence-corrected chi connectivity index (χ0v) is 11.4. The summed E-state index contributed by atoms with van der Waals surface area (Å²) in [5.74, 6) is 2.71. The van der Waals surface area contributed by atoms with E-state index in [1.54, 1.807) is 0 Å². The first-order valence-corrected chi connectivity index (χ1v) is 8.07. The average molecular weight is 242 g/mol. The summed E-state index contributed by atoms with van der Waals surface area (Å²) in [6.07, 6.45) is 7.00. The van der Waals surface area contributed by atoms with Crippen LogP contribution < -0.4 is 5.32 Å². The Morgan fingerprint density at radius 1 is 1.19 bits per heavy atom. The molecular weight excluding hydrogens is 216 g/mol. The molecule has 0 saturated carbocycles. The molecule has 16 heavy (non-hydrogen) atoms. The highest BCUT2D eigenvalue weighted by Crippen LogP contribution is 2.17. The predicted octanol–water partition coefficient (Wildman–Crippen LogP) is 2.35. The van der Waals surface area contributed by atoms with E-state index in [1.165, 1.54) is 63.2 Å². The van der Waals surface area contributed by atoms with E-state index >= 15 is 0 Å². The molecule has 2 aliphatic heterocycles. The van der Waals surface area contributed by atoms with E-state index in [-0.39, 0.29) is 0 Å². The van der Waals surface area contributed by atoms with Gasteiger partial charge in [-0.15, -0.1) is 0 Å². The lowest BCUT2D eigenvalue weighted by Crippen LogP contribution is -2.46. The van der Waals surface area contributed by atoms with Crippen LogP contribution in [0, 0.1) is 0 Å². The smallest absolute Gasteiger partial charge is 0.0192 e. The van der Waals surface area contributed by atoms with Crippen molar-refractivity contribution >= 4 is 11.8 Å². The summed E-state index contributed by atoms with van der Waals surface area (Å²) in [6, 6.07) is 1.53. The summed E-state index contributed by atoms with van der Waals surface area (Å²) in [4.78, 5) is 2.66. The zero-order chi connectivity index (χ0) is 11.2. The quantitative estimate of drug-likeness (QED) is 0.815. The molecule has 0 aromatic rings. The van der Waals surface area contributed by atoms with Gasteiger partial charge in [0.05, 0.1) is 0 Å². The molecule has 1 N–H and O–H groups in total. The average Bonchev–Trinajstić information content (AvgIpc) is 2.38. The van der Waals surface area contributed by atoms with Gasteiger partial charge >= 0.3 is 0 Å². The van der Waals surface area contributed by atoms with Crippen molar-refractivity contribution in [2.45, 2.75) is 51.1 Å². The van der Waals surface area contributed by atoms with E-state index < -0.39 is 0 Å². The Morgan fingerprint density at radius 3 is 2.56 bits per heavy atom. The molecule has 1 unspecified atom stereocenters. The fourth-order valence-corrected chi connectivity index (χ4v) is 3.83. The molecule has 0 amide bonds. The monoisotopic (exact) mass is 242 g/mol. The van der Waals surface area contributed by atoms with Gasteiger partial charge in [0, 0.05) is 18.6 Å². The van der Waals surface area contributed by atoms with Crippen molar-refractivity contribution in [3.63, 3.8) is 0 Å². The van der Waals surface area contributed by atoms with Gasteiger partial charge in [0.15, 0.2) is 0 Å². The van der Waals surface area contributed by atoms with Gasteiger partial charge in [-0.05, 0) is 57.2 Å². The van der Waals surface area contributed by atoms with Crippen molar-refractivity contribution in [1.82, 2.24) is 10.2 Å². The minimum Gasteiger partial charge on any atom is -0.312 e. The minimum atomic E-state index is 0.731. The Bertz CT molecular complexity index is 186. The maximum Gasteiger partial charge on any atom is 0.0192 e. The van der Waals surface area contributed by atoms with Crippen LogP contribution in [0.15, 0.2) is 0 Å². The lowest BCUT2D eigenvalue weighted by atomic mass is 10.1. The Morgan fingerprint density at radius 2 is 1.88 bits per heavy atom. The van der Waals surface area contributed by atoms with Gasteiger partial charge in [0.1, 0.15) is 0 Å². The molecule has 0 aromatic carbocycles. The second-order valence-electron chi connectivity index (χ2n) is 5.24. The first kappa shape index (κ1) is 12.7. The summed E-state index contributed by atoms with van der Waals surface area (Å²) in [7, 11) is 0. The Labute approximate surface area is 105 Å². The summed E-state index contributed by atoms with van der Waals surface area (Å²) >= 11 is 2.11. The second-order valence-corrected chi connectivity index (χ2v) is 6.47. The molecule has 0 aromatic heterocycles. The SMILES string of the molecule is CC(CNC1CCSCC1)N1CCCCC1. The Kier molecular flexibility index (Phi) is 5.46. The lowest BCUT2D eigenvalue weighted by molar-refractivity contribution is 0.167. The second kappa shape index (κ2) is 6.87. The molecule has 2 rings (SSSR count). The van der Waals surface area contributed by atoms with E-state index in [0.717, 1.165) is 12.1 Å². The maximum absolute atomic E-state index is 3.76. The third kappa shape index (κ3) is 3.94. The number of thioether (sulfide) groups is 1. The van der Waals surface area contributed by atoms with E-state index in [2.05, 4.69) is 28.9 Å². The van der Waals surface area contributed by atoms with Gasteiger partial charge in [-0.2, -0.15) is 11.8 Å². The summed E-state index contributed by atoms with van der Waals surface area (Å²) in [6.45, 7) is 6.22. The molecular formula is C13H26N2S. The summed E-state index contributed by atoms with van der Waals surface area (Å²) in [5, 5.41) is 3.76. The number of nitrogens with one attached hydrogen (secondary N) is 1. The zero-order valence-electron chi connectivity index (χ0n) is 10.6. The highest BCUT2D eigenvalue weighted by Gasteiger charge is 2.18. The number of rotatable bonds is 4. The van der Waals surface area contributed by atoms with E-state index in [1.807, 2.05) is 0 Å². The molecule has 0 spiro atoms. The van der Waals surface area contributed by atoms with Crippen molar-refractivity contribution in [2.75, 3.05) is 31.1 Å². The van der Waals surface area contributed by atoms with Crippen molar-refractivity contribution in [2.24, 2.45) is 0 Å². The van der Waals surface area contributed by atoms with Gasteiger partial charge in [-0.3, -0.25) is 4.90 Å². The van der Waals surface area contributed by atoms with Gasteiger partial charge in [0.25, 0.3) is 0 Å². The minimum absolute atomic E-state index is 0.731. The lowest BCUT2D eigenvalue weighted by Gasteiger charge is -2.34. The third-order valence-electron chi connectivity index (χ3n) is 3.94. The summed E-state index contributed by atoms with van der Waals surface area (Å²) in [5.41, 5.74) is 0. The first-order chi connectivity index (χ1) is 7.86. The van der Waals surface area contributed by atoms with Crippen molar-refractivity contribution in [1.29, 1.82) is 0 Å². The Balaban J connectivity index is 1.63. The van der Waals surface area contributed by atoms with Crippen LogP contribution in [0.4, 0.5) is 0 Å². The van der Waals surface area contributed by atoms with Crippen LogP contribution in [0.1, 0.15) is 39.0 Å². The molecule has 1 atom stereocenters. The van der Waals surface area contributed by atoms with Gasteiger partial charge in [0.2, 0.25) is 0 Å². The van der Waals surface area contributed by atoms with Crippen molar-refractivity contribution in [3.8, 4) is 0 Å². The molecule has 2 aliphatic rings. The number of hydrogen-bond acceptors (Lipinski definition) is 3. The van der Waals surface area contributed by atoms with Gasteiger partial charge < -0.3 is 5.32 Å². The largest absolute Gasteiger partial charge is 0.312 e. The molecule has 2 heterocycles. The topological polar surface area (TPSA) is 15.3 Å². The standard InChI is InChI=1S/C13H26N2S/c1-12(15-7-3-2-4-8-15)11-14-13-5-9-16-10-6-13/h12-14H,2-11H2,1H3. The Hall–Kier alpha value is 0.270. The van der Waals surface area contributed by atoms with Crippen LogP contribution in [0.25, 0.3) is 0 Å². The molecule has 2 fully saturated rings. The van der Waals surface area contributed by atoms with Gasteiger partial charge in [-0.25, -0.2) is 0 Å². The van der Waals surface area contributed by atoms with Crippen LogP contribution in [-0.2, 0) is 0 Å². The first-order valence-electron chi connectivity index (χ1n) is 6.91. The number of nitrogens with zero attached hydrogens (tertiary/aromatic N) is 1. The number of piperidine rings is 1. The van der Waals surface area contributed by atoms with Crippen LogP contribution in [0.5, 0.6) is 0 Å². The highest BCUT2D eigenvalue weighted by molar-refractivity contribution is 7.99. The predicted molar refractivity (Wildman–Crippen MR) is 73.2 cm³/mol. The van der Waals surface area contributed by atoms with Crippen molar-refractivity contribution < 1.29 is 0 Å². The molecule has 0 radical (unpaired) electrons. The summed E-state index contributed by atoms with van der Waals surface area (Å²) < 4.78 is 0.